The maximum atomic E-state index is 13.6. The van der Waals surface area contributed by atoms with Crippen LogP contribution in [-0.4, -0.2) is 31.5 Å². The van der Waals surface area contributed by atoms with Crippen molar-refractivity contribution in [2.45, 2.75) is 26.2 Å². The van der Waals surface area contributed by atoms with Crippen LogP contribution in [0.15, 0.2) is 42.5 Å². The summed E-state index contributed by atoms with van der Waals surface area (Å²) in [5.41, 5.74) is 0.392. The summed E-state index contributed by atoms with van der Waals surface area (Å²) in [5, 5.41) is 11.4. The van der Waals surface area contributed by atoms with Crippen molar-refractivity contribution in [1.82, 2.24) is 5.32 Å². The van der Waals surface area contributed by atoms with Crippen LogP contribution in [0.2, 0.25) is 0 Å². The summed E-state index contributed by atoms with van der Waals surface area (Å²) < 4.78 is 32.0. The third kappa shape index (κ3) is 6.55. The number of nitrogens with zero attached hydrogens (tertiary/aromatic N) is 2. The van der Waals surface area contributed by atoms with Crippen molar-refractivity contribution in [1.29, 1.82) is 5.26 Å². The fourth-order valence-corrected chi connectivity index (χ4v) is 2.79. The van der Waals surface area contributed by atoms with E-state index in [0.717, 1.165) is 12.1 Å². The Labute approximate surface area is 174 Å². The molecule has 0 aliphatic rings. The molecule has 0 radical (unpaired) electrons. The summed E-state index contributed by atoms with van der Waals surface area (Å²) in [5.74, 6) is -1.89. The molecule has 2 rings (SSSR count). The van der Waals surface area contributed by atoms with Gasteiger partial charge in [0.05, 0.1) is 24.7 Å². The Bertz CT molecular complexity index is 911. The minimum absolute atomic E-state index is 0.130. The SMILES string of the molecule is CCOc1ccc(N(CCC#N)C(=O)CCCNC(=O)c2ccc(F)cc2F)cc1. The first-order valence-electron chi connectivity index (χ1n) is 9.59. The molecule has 0 aliphatic carbocycles. The zero-order valence-electron chi connectivity index (χ0n) is 16.7. The molecule has 0 aromatic heterocycles. The minimum atomic E-state index is -0.943. The van der Waals surface area contributed by atoms with Gasteiger partial charge in [0.1, 0.15) is 17.4 Å². The van der Waals surface area contributed by atoms with Gasteiger partial charge in [0, 0.05) is 31.3 Å². The zero-order chi connectivity index (χ0) is 21.9. The van der Waals surface area contributed by atoms with Gasteiger partial charge in [0.2, 0.25) is 5.91 Å². The lowest BCUT2D eigenvalue weighted by atomic mass is 10.2. The number of amides is 2. The van der Waals surface area contributed by atoms with Crippen LogP contribution >= 0.6 is 0 Å². The van der Waals surface area contributed by atoms with E-state index < -0.39 is 17.5 Å². The van der Waals surface area contributed by atoms with Crippen LogP contribution in [-0.2, 0) is 4.79 Å². The Balaban J connectivity index is 1.90. The van der Waals surface area contributed by atoms with Crippen LogP contribution in [0.25, 0.3) is 0 Å². The third-order valence-corrected chi connectivity index (χ3v) is 4.24. The van der Waals surface area contributed by atoms with E-state index in [4.69, 9.17) is 10.00 Å². The molecule has 0 heterocycles. The van der Waals surface area contributed by atoms with Crippen LogP contribution in [0.1, 0.15) is 36.5 Å². The van der Waals surface area contributed by atoms with Crippen LogP contribution in [0, 0.1) is 23.0 Å². The molecule has 0 fully saturated rings. The number of ether oxygens (including phenoxy) is 1. The second-order valence-electron chi connectivity index (χ2n) is 6.36. The highest BCUT2D eigenvalue weighted by Gasteiger charge is 2.16. The number of benzene rings is 2. The molecule has 1 N–H and O–H groups in total. The van der Waals surface area contributed by atoms with Crippen molar-refractivity contribution in [3.8, 4) is 11.8 Å². The molecule has 0 spiro atoms. The largest absolute Gasteiger partial charge is 0.494 e. The number of hydrogen-bond donors (Lipinski definition) is 1. The van der Waals surface area contributed by atoms with Crippen LogP contribution in [0.5, 0.6) is 5.75 Å². The molecule has 0 saturated heterocycles. The van der Waals surface area contributed by atoms with Gasteiger partial charge in [0.25, 0.3) is 5.91 Å². The standard InChI is InChI=1S/C22H23F2N3O3/c1-2-30-18-9-7-17(8-10-18)27(14-4-12-25)21(28)5-3-13-26-22(29)19-11-6-16(23)15-20(19)24/h6-11,15H,2-5,13-14H2,1H3,(H,26,29). The summed E-state index contributed by atoms with van der Waals surface area (Å²) in [7, 11) is 0. The van der Waals surface area contributed by atoms with Gasteiger partial charge >= 0.3 is 0 Å². The average Bonchev–Trinajstić information content (AvgIpc) is 2.72. The number of nitriles is 1. The summed E-state index contributed by atoms with van der Waals surface area (Å²) in [6.45, 7) is 2.80. The Hall–Kier alpha value is -3.47. The molecule has 30 heavy (non-hydrogen) atoms. The molecule has 2 amide bonds. The molecule has 158 valence electrons. The topological polar surface area (TPSA) is 82.4 Å². The molecule has 0 atom stereocenters. The van der Waals surface area contributed by atoms with Crippen molar-refractivity contribution >= 4 is 17.5 Å². The van der Waals surface area contributed by atoms with E-state index >= 15 is 0 Å². The summed E-state index contributed by atoms with van der Waals surface area (Å²) in [4.78, 5) is 26.1. The monoisotopic (exact) mass is 415 g/mol. The molecular formula is C22H23F2N3O3. The van der Waals surface area contributed by atoms with E-state index in [9.17, 15) is 18.4 Å². The predicted molar refractivity (Wildman–Crippen MR) is 108 cm³/mol. The zero-order valence-corrected chi connectivity index (χ0v) is 16.7. The van der Waals surface area contributed by atoms with Crippen molar-refractivity contribution in [2.24, 2.45) is 0 Å². The van der Waals surface area contributed by atoms with Gasteiger partial charge in [-0.15, -0.1) is 0 Å². The van der Waals surface area contributed by atoms with Gasteiger partial charge in [-0.2, -0.15) is 5.26 Å². The number of hydrogen-bond acceptors (Lipinski definition) is 4. The van der Waals surface area contributed by atoms with E-state index in [-0.39, 0.29) is 37.4 Å². The maximum Gasteiger partial charge on any atom is 0.254 e. The number of anilines is 1. The predicted octanol–water partition coefficient (Wildman–Crippen LogP) is 3.82. The second-order valence-corrected chi connectivity index (χ2v) is 6.36. The summed E-state index contributed by atoms with van der Waals surface area (Å²) >= 11 is 0. The van der Waals surface area contributed by atoms with E-state index in [1.807, 2.05) is 13.0 Å². The number of halogens is 2. The highest BCUT2D eigenvalue weighted by atomic mass is 19.1. The highest BCUT2D eigenvalue weighted by Crippen LogP contribution is 2.21. The number of carbonyl (C=O) groups is 2. The number of nitrogens with one attached hydrogen (secondary N) is 1. The molecule has 6 nitrogen and oxygen atoms in total. The molecule has 0 bridgehead atoms. The van der Waals surface area contributed by atoms with Crippen LogP contribution < -0.4 is 15.0 Å². The van der Waals surface area contributed by atoms with E-state index in [2.05, 4.69) is 5.32 Å². The maximum absolute atomic E-state index is 13.6. The van der Waals surface area contributed by atoms with Gasteiger partial charge < -0.3 is 15.0 Å². The van der Waals surface area contributed by atoms with Gasteiger partial charge in [0.15, 0.2) is 0 Å². The molecule has 0 aliphatic heterocycles. The number of carbonyl (C=O) groups excluding carboxylic acids is 2. The van der Waals surface area contributed by atoms with Crippen molar-refractivity contribution < 1.29 is 23.1 Å². The molecule has 8 heteroatoms. The number of rotatable bonds is 10. The van der Waals surface area contributed by atoms with E-state index in [0.29, 0.717) is 30.5 Å². The smallest absolute Gasteiger partial charge is 0.254 e. The van der Waals surface area contributed by atoms with Gasteiger partial charge in [-0.05, 0) is 49.7 Å². The lowest BCUT2D eigenvalue weighted by molar-refractivity contribution is -0.118. The van der Waals surface area contributed by atoms with E-state index in [1.54, 1.807) is 24.3 Å². The fourth-order valence-electron chi connectivity index (χ4n) is 2.79. The minimum Gasteiger partial charge on any atom is -0.494 e. The molecule has 0 saturated carbocycles. The summed E-state index contributed by atoms with van der Waals surface area (Å²) in [6, 6.07) is 11.7. The van der Waals surface area contributed by atoms with Crippen molar-refractivity contribution in [3.05, 3.63) is 59.7 Å². The highest BCUT2D eigenvalue weighted by molar-refractivity contribution is 5.95. The first-order chi connectivity index (χ1) is 14.5. The molecule has 0 unspecified atom stereocenters. The van der Waals surface area contributed by atoms with Crippen molar-refractivity contribution in [2.75, 3.05) is 24.6 Å². The molecular weight excluding hydrogens is 392 g/mol. The van der Waals surface area contributed by atoms with E-state index in [1.165, 1.54) is 4.90 Å². The molecule has 2 aromatic rings. The van der Waals surface area contributed by atoms with Crippen LogP contribution in [0.3, 0.4) is 0 Å². The van der Waals surface area contributed by atoms with Crippen molar-refractivity contribution in [3.63, 3.8) is 0 Å². The van der Waals surface area contributed by atoms with Gasteiger partial charge in [-0.25, -0.2) is 8.78 Å². The Morgan fingerprint density at radius 3 is 2.53 bits per heavy atom. The average molecular weight is 415 g/mol. The first-order valence-corrected chi connectivity index (χ1v) is 9.59. The third-order valence-electron chi connectivity index (χ3n) is 4.24. The Morgan fingerprint density at radius 1 is 1.17 bits per heavy atom. The van der Waals surface area contributed by atoms with Gasteiger partial charge in [-0.1, -0.05) is 0 Å². The first kappa shape index (κ1) is 22.8. The van der Waals surface area contributed by atoms with Crippen LogP contribution in [0.4, 0.5) is 14.5 Å². The normalized spacial score (nSPS) is 10.2. The fraction of sp³-hybridized carbons (Fsp3) is 0.318. The quantitative estimate of drug-likeness (QED) is 0.598. The Kier molecular flexibility index (Phi) is 8.75. The Morgan fingerprint density at radius 2 is 1.90 bits per heavy atom. The molecule has 2 aromatic carbocycles. The lowest BCUT2D eigenvalue weighted by Crippen LogP contribution is -2.33. The van der Waals surface area contributed by atoms with Gasteiger partial charge in [-0.3, -0.25) is 9.59 Å². The summed E-state index contributed by atoms with van der Waals surface area (Å²) in [6.07, 6.45) is 0.637. The lowest BCUT2D eigenvalue weighted by Gasteiger charge is -2.22. The second kappa shape index (κ2) is 11.5.